The smallest absolute Gasteiger partial charge is 0.0931 e. The lowest BCUT2D eigenvalue weighted by Gasteiger charge is -2.33. The van der Waals surface area contributed by atoms with Crippen molar-refractivity contribution >= 4 is 22.6 Å². The van der Waals surface area contributed by atoms with Crippen LogP contribution >= 0.6 is 11.6 Å². The zero-order chi connectivity index (χ0) is 22.6. The molecule has 2 heterocycles. The fourth-order valence-corrected chi connectivity index (χ4v) is 5.59. The minimum atomic E-state index is 0.305. The van der Waals surface area contributed by atoms with Crippen molar-refractivity contribution in [3.8, 4) is 11.1 Å². The van der Waals surface area contributed by atoms with Crippen LogP contribution in [0.15, 0.2) is 67.0 Å². The van der Waals surface area contributed by atoms with Crippen LogP contribution in [-0.4, -0.2) is 36.8 Å². The van der Waals surface area contributed by atoms with Crippen molar-refractivity contribution in [2.24, 2.45) is 0 Å². The van der Waals surface area contributed by atoms with Gasteiger partial charge in [0.15, 0.2) is 0 Å². The van der Waals surface area contributed by atoms with E-state index < -0.39 is 0 Å². The van der Waals surface area contributed by atoms with Gasteiger partial charge in [0.25, 0.3) is 0 Å². The lowest BCUT2D eigenvalue weighted by Crippen LogP contribution is -2.34. The Morgan fingerprint density at radius 3 is 2.82 bits per heavy atom. The van der Waals surface area contributed by atoms with Crippen LogP contribution in [0.2, 0.25) is 5.02 Å². The quantitative estimate of drug-likeness (QED) is 0.318. The monoisotopic (exact) mass is 459 g/mol. The minimum Gasteiger partial charge on any atom is -0.385 e. The molecule has 5 heteroatoms. The number of benzene rings is 3. The third kappa shape index (κ3) is 4.56. The predicted molar refractivity (Wildman–Crippen MR) is 136 cm³/mol. The van der Waals surface area contributed by atoms with Crippen molar-refractivity contribution in [3.05, 3.63) is 88.7 Å². The number of aromatic nitrogens is 2. The highest BCUT2D eigenvalue weighted by atomic mass is 35.5. The fraction of sp³-hybridized carbons (Fsp3) is 0.321. The van der Waals surface area contributed by atoms with Gasteiger partial charge < -0.3 is 15.0 Å². The summed E-state index contributed by atoms with van der Waals surface area (Å²) >= 11 is 6.97. The average molecular weight is 460 g/mol. The summed E-state index contributed by atoms with van der Waals surface area (Å²) in [6.45, 7) is 2.69. The largest absolute Gasteiger partial charge is 0.385 e. The van der Waals surface area contributed by atoms with E-state index in [9.17, 15) is 0 Å². The maximum Gasteiger partial charge on any atom is 0.0931 e. The van der Waals surface area contributed by atoms with Gasteiger partial charge in [-0.25, -0.2) is 4.98 Å². The molecule has 5 rings (SSSR count). The SMILES string of the molecule is COCCCc1ccccc1-c1ccc([C@H]2CNCC[C@@H]2c2cccc3[nH]cnc23)c(Cl)c1. The summed E-state index contributed by atoms with van der Waals surface area (Å²) in [4.78, 5) is 7.87. The number of halogens is 1. The van der Waals surface area contributed by atoms with E-state index in [0.717, 1.165) is 55.0 Å². The maximum atomic E-state index is 6.97. The molecule has 4 aromatic rings. The van der Waals surface area contributed by atoms with Crippen LogP contribution in [0.5, 0.6) is 0 Å². The summed E-state index contributed by atoms with van der Waals surface area (Å²) < 4.78 is 5.25. The van der Waals surface area contributed by atoms with E-state index in [-0.39, 0.29) is 0 Å². The zero-order valence-electron chi connectivity index (χ0n) is 19.0. The van der Waals surface area contributed by atoms with Crippen LogP contribution in [0, 0.1) is 0 Å². The van der Waals surface area contributed by atoms with E-state index in [4.69, 9.17) is 16.3 Å². The highest BCUT2D eigenvalue weighted by molar-refractivity contribution is 6.31. The molecule has 0 bridgehead atoms. The fourth-order valence-electron chi connectivity index (χ4n) is 5.27. The number of rotatable bonds is 7. The van der Waals surface area contributed by atoms with Crippen molar-refractivity contribution in [1.82, 2.24) is 15.3 Å². The van der Waals surface area contributed by atoms with E-state index in [1.807, 2.05) is 0 Å². The molecular weight excluding hydrogens is 430 g/mol. The number of aryl methyl sites for hydroxylation is 1. The number of methoxy groups -OCH3 is 1. The Bertz CT molecular complexity index is 1230. The minimum absolute atomic E-state index is 0.305. The van der Waals surface area contributed by atoms with E-state index >= 15 is 0 Å². The first-order valence-corrected chi connectivity index (χ1v) is 12.1. The highest BCUT2D eigenvalue weighted by Crippen LogP contribution is 2.42. The van der Waals surface area contributed by atoms with Crippen molar-refractivity contribution in [2.75, 3.05) is 26.8 Å². The van der Waals surface area contributed by atoms with Gasteiger partial charge in [-0.05, 0) is 71.7 Å². The lowest BCUT2D eigenvalue weighted by molar-refractivity contribution is 0.195. The molecule has 1 saturated heterocycles. The van der Waals surface area contributed by atoms with Crippen LogP contribution in [0.1, 0.15) is 41.4 Å². The normalized spacial score (nSPS) is 18.6. The van der Waals surface area contributed by atoms with Crippen molar-refractivity contribution in [1.29, 1.82) is 0 Å². The van der Waals surface area contributed by atoms with E-state index in [1.165, 1.54) is 27.8 Å². The average Bonchev–Trinajstić information content (AvgIpc) is 3.34. The Kier molecular flexibility index (Phi) is 6.77. The Hall–Kier alpha value is -2.66. The summed E-state index contributed by atoms with van der Waals surface area (Å²) in [7, 11) is 1.75. The molecular formula is C28H30ClN3O. The first-order chi connectivity index (χ1) is 16.3. The highest BCUT2D eigenvalue weighted by Gasteiger charge is 2.31. The molecule has 1 aliphatic rings. The number of piperidine rings is 1. The summed E-state index contributed by atoms with van der Waals surface area (Å²) in [5.74, 6) is 0.683. The molecule has 2 N–H and O–H groups in total. The summed E-state index contributed by atoms with van der Waals surface area (Å²) in [6.07, 6.45) is 4.85. The van der Waals surface area contributed by atoms with Crippen molar-refractivity contribution in [2.45, 2.75) is 31.1 Å². The molecule has 0 amide bonds. The van der Waals surface area contributed by atoms with Crippen molar-refractivity contribution < 1.29 is 4.74 Å². The molecule has 3 aromatic carbocycles. The number of fused-ring (bicyclic) bond motifs is 1. The number of nitrogens with zero attached hydrogens (tertiary/aromatic N) is 1. The van der Waals surface area contributed by atoms with Crippen LogP contribution in [0.3, 0.4) is 0 Å². The molecule has 170 valence electrons. The molecule has 0 spiro atoms. The number of hydrogen-bond acceptors (Lipinski definition) is 3. The van der Waals surface area contributed by atoms with Crippen LogP contribution in [-0.2, 0) is 11.2 Å². The molecule has 0 radical (unpaired) electrons. The van der Waals surface area contributed by atoms with Crippen LogP contribution in [0.4, 0.5) is 0 Å². The first-order valence-electron chi connectivity index (χ1n) is 11.8. The second kappa shape index (κ2) is 10.1. The molecule has 1 aromatic heterocycles. The third-order valence-electron chi connectivity index (χ3n) is 6.89. The van der Waals surface area contributed by atoms with Gasteiger partial charge in [0.2, 0.25) is 0 Å². The van der Waals surface area contributed by atoms with Crippen LogP contribution in [0.25, 0.3) is 22.2 Å². The number of para-hydroxylation sites is 1. The van der Waals surface area contributed by atoms with E-state index in [0.29, 0.717) is 11.8 Å². The zero-order valence-corrected chi connectivity index (χ0v) is 19.7. The van der Waals surface area contributed by atoms with Gasteiger partial charge in [0.05, 0.1) is 17.4 Å². The number of nitrogens with one attached hydrogen (secondary N) is 2. The summed E-state index contributed by atoms with van der Waals surface area (Å²) in [6, 6.07) is 21.7. The van der Waals surface area contributed by atoms with Gasteiger partial charge in [0, 0.05) is 31.2 Å². The van der Waals surface area contributed by atoms with Gasteiger partial charge >= 0.3 is 0 Å². The molecule has 0 aliphatic carbocycles. The molecule has 2 atom stereocenters. The van der Waals surface area contributed by atoms with E-state index in [1.54, 1.807) is 13.4 Å². The van der Waals surface area contributed by atoms with Gasteiger partial charge in [-0.2, -0.15) is 0 Å². The molecule has 1 aliphatic heterocycles. The number of hydrogen-bond donors (Lipinski definition) is 2. The van der Waals surface area contributed by atoms with Gasteiger partial charge in [-0.3, -0.25) is 0 Å². The second-order valence-corrected chi connectivity index (χ2v) is 9.25. The summed E-state index contributed by atoms with van der Waals surface area (Å²) in [5.41, 5.74) is 8.45. The standard InChI is InChI=1S/C28H30ClN3O/c1-33-15-5-7-19-6-2-3-8-21(19)20-11-12-23(26(29)16-20)25-17-30-14-13-22(25)24-9-4-10-27-28(24)32-18-31-27/h2-4,6,8-12,16,18,22,25,30H,5,7,13-15,17H2,1H3,(H,31,32)/t22-,25+/m1/s1. The lowest BCUT2D eigenvalue weighted by atomic mass is 9.76. The Morgan fingerprint density at radius 2 is 1.94 bits per heavy atom. The van der Waals surface area contributed by atoms with Crippen molar-refractivity contribution in [3.63, 3.8) is 0 Å². The predicted octanol–water partition coefficient (Wildman–Crippen LogP) is 6.32. The number of H-pyrrole nitrogens is 1. The molecule has 0 unspecified atom stereocenters. The Labute approximate surface area is 200 Å². The molecule has 33 heavy (non-hydrogen) atoms. The Morgan fingerprint density at radius 1 is 1.03 bits per heavy atom. The molecule has 1 fully saturated rings. The number of aromatic amines is 1. The maximum absolute atomic E-state index is 6.97. The first kappa shape index (κ1) is 22.1. The second-order valence-electron chi connectivity index (χ2n) is 8.84. The molecule has 4 nitrogen and oxygen atoms in total. The summed E-state index contributed by atoms with van der Waals surface area (Å²) in [5, 5.41) is 4.43. The molecule has 0 saturated carbocycles. The van der Waals surface area contributed by atoms with Gasteiger partial charge in [-0.1, -0.05) is 60.1 Å². The van der Waals surface area contributed by atoms with Gasteiger partial charge in [-0.15, -0.1) is 0 Å². The van der Waals surface area contributed by atoms with Crippen LogP contribution < -0.4 is 5.32 Å². The topological polar surface area (TPSA) is 49.9 Å². The number of ether oxygens (including phenoxy) is 1. The Balaban J connectivity index is 1.47. The van der Waals surface area contributed by atoms with Gasteiger partial charge in [0.1, 0.15) is 0 Å². The van der Waals surface area contributed by atoms with E-state index in [2.05, 4.69) is 75.9 Å². The number of imidazole rings is 1. The third-order valence-corrected chi connectivity index (χ3v) is 7.21.